The van der Waals surface area contributed by atoms with Crippen LogP contribution in [0.1, 0.15) is 16.7 Å². The monoisotopic (exact) mass is 636 g/mol. The first-order valence-corrected chi connectivity index (χ1v) is 18.3. The number of thiophene rings is 1. The van der Waals surface area contributed by atoms with E-state index in [-0.39, 0.29) is 11.8 Å². The Labute approximate surface area is 279 Å². The van der Waals surface area contributed by atoms with Crippen LogP contribution in [0.4, 0.5) is 0 Å². The fourth-order valence-corrected chi connectivity index (χ4v) is 11.3. The minimum atomic E-state index is 0.224. The van der Waals surface area contributed by atoms with E-state index < -0.39 is 0 Å². The summed E-state index contributed by atoms with van der Waals surface area (Å²) in [5.74, 6) is 1.65. The summed E-state index contributed by atoms with van der Waals surface area (Å²) in [6.07, 6.45) is 10.5. The third-order valence-electron chi connectivity index (χ3n) is 10.6. The smallest absolute Gasteiger partial charge is 0.136 e. The lowest BCUT2D eigenvalue weighted by atomic mass is 9.70. The minimum absolute atomic E-state index is 0.224. The molecule has 0 amide bonds. The maximum Gasteiger partial charge on any atom is 0.136 e. The number of thioether (sulfide) groups is 1. The Balaban J connectivity index is 1.23. The number of furan rings is 1. The summed E-state index contributed by atoms with van der Waals surface area (Å²) >= 11 is 4.04. The highest BCUT2D eigenvalue weighted by Crippen LogP contribution is 2.48. The molecule has 0 saturated heterocycles. The van der Waals surface area contributed by atoms with E-state index in [1.165, 1.54) is 97.1 Å². The van der Waals surface area contributed by atoms with Crippen molar-refractivity contribution in [2.45, 2.75) is 11.3 Å². The van der Waals surface area contributed by atoms with E-state index in [0.717, 1.165) is 11.2 Å². The average molecular weight is 637 g/mol. The van der Waals surface area contributed by atoms with Crippen molar-refractivity contribution in [3.63, 3.8) is 0 Å². The second-order valence-corrected chi connectivity index (χ2v) is 15.1. The molecule has 2 aliphatic carbocycles. The lowest BCUT2D eigenvalue weighted by Crippen LogP contribution is -2.40. The zero-order valence-corrected chi connectivity index (χ0v) is 27.1. The topological polar surface area (TPSA) is 13.1 Å². The van der Waals surface area contributed by atoms with Crippen molar-refractivity contribution in [3.05, 3.63) is 161 Å². The van der Waals surface area contributed by atoms with Crippen LogP contribution in [0.5, 0.6) is 0 Å². The third kappa shape index (κ3) is 3.67. The molecule has 0 bridgehead atoms. The van der Waals surface area contributed by atoms with Gasteiger partial charge in [0.05, 0.1) is 0 Å². The molecule has 47 heavy (non-hydrogen) atoms. The number of fused-ring (bicyclic) bond motifs is 12. The van der Waals surface area contributed by atoms with Crippen molar-refractivity contribution in [2.24, 2.45) is 11.8 Å². The van der Waals surface area contributed by atoms with Gasteiger partial charge in [0.2, 0.25) is 0 Å². The van der Waals surface area contributed by atoms with Gasteiger partial charge in [-0.05, 0) is 73.7 Å². The molecule has 0 fully saturated rings. The van der Waals surface area contributed by atoms with E-state index in [0.29, 0.717) is 0 Å². The summed E-state index contributed by atoms with van der Waals surface area (Å²) in [4.78, 5) is 1.51. The van der Waals surface area contributed by atoms with Crippen LogP contribution >= 0.6 is 23.1 Å². The fourth-order valence-electron chi connectivity index (χ4n) is 8.57. The average Bonchev–Trinajstić information content (AvgIpc) is 3.85. The van der Waals surface area contributed by atoms with Gasteiger partial charge in [0.25, 0.3) is 0 Å². The van der Waals surface area contributed by atoms with E-state index in [2.05, 4.69) is 133 Å². The highest BCUT2D eigenvalue weighted by atomic mass is 32.2. The Kier molecular flexibility index (Phi) is 5.50. The number of hydrogen-bond acceptors (Lipinski definition) is 3. The van der Waals surface area contributed by atoms with Crippen LogP contribution in [-0.4, -0.2) is 5.75 Å². The Morgan fingerprint density at radius 2 is 1.36 bits per heavy atom. The summed E-state index contributed by atoms with van der Waals surface area (Å²) < 4.78 is 9.29. The van der Waals surface area contributed by atoms with Crippen molar-refractivity contribution in [3.8, 4) is 0 Å². The van der Waals surface area contributed by atoms with Crippen molar-refractivity contribution in [1.29, 1.82) is 0 Å². The maximum absolute atomic E-state index is 6.41. The summed E-state index contributed by atoms with van der Waals surface area (Å²) in [5.41, 5.74) is 8.88. The van der Waals surface area contributed by atoms with Crippen molar-refractivity contribution >= 4 is 87.1 Å². The first kappa shape index (κ1) is 26.3. The first-order chi connectivity index (χ1) is 23.3. The molecular formula is C44H28OS2. The highest BCUT2D eigenvalue weighted by molar-refractivity contribution is 8.00. The Hall–Kier alpha value is -4.83. The number of benzene rings is 6. The molecule has 8 aromatic rings. The lowest BCUT2D eigenvalue weighted by molar-refractivity contribution is 0.669. The highest BCUT2D eigenvalue weighted by Gasteiger charge is 2.33. The second kappa shape index (κ2) is 9.84. The third-order valence-corrected chi connectivity index (χ3v) is 13.2. The molecule has 222 valence electrons. The Morgan fingerprint density at radius 3 is 2.28 bits per heavy atom. The zero-order valence-electron chi connectivity index (χ0n) is 25.5. The molecule has 0 radical (unpaired) electrons. The molecular weight excluding hydrogens is 609 g/mol. The number of rotatable bonds is 2. The molecule has 11 rings (SSSR count). The lowest BCUT2D eigenvalue weighted by Gasteiger charge is -2.33. The molecule has 6 aromatic carbocycles. The van der Waals surface area contributed by atoms with E-state index >= 15 is 0 Å². The van der Waals surface area contributed by atoms with Gasteiger partial charge in [0.15, 0.2) is 0 Å². The molecule has 2 unspecified atom stereocenters. The second-order valence-electron chi connectivity index (χ2n) is 13.0. The van der Waals surface area contributed by atoms with Crippen LogP contribution in [0.15, 0.2) is 143 Å². The van der Waals surface area contributed by atoms with E-state index in [1.54, 1.807) is 0 Å². The number of allylic oxidation sites excluding steroid dienone is 4. The van der Waals surface area contributed by atoms with E-state index in [1.807, 2.05) is 23.1 Å². The standard InChI is InChI=1S/C44H28OS2/c1-2-9-28-25(8-1)17-21-38-41(28)36-24-27(18-20-37(36)45-38)39-29-10-3-5-12-31(29)40(32-13-6-4-11-30(32)39)35-15-7-14-33-34-19-16-26-22-23-46-42(26)44(34)47-43(33)35/h1-21,24,29,31H,22-23H2. The minimum Gasteiger partial charge on any atom is -0.456 e. The molecule has 0 N–H and O–H groups in total. The number of hydrogen-bond donors (Lipinski definition) is 0. The zero-order chi connectivity index (χ0) is 30.6. The summed E-state index contributed by atoms with van der Waals surface area (Å²) in [6.45, 7) is 0. The van der Waals surface area contributed by atoms with E-state index in [4.69, 9.17) is 4.42 Å². The summed E-state index contributed by atoms with van der Waals surface area (Å²) in [7, 11) is 0. The van der Waals surface area contributed by atoms with Crippen LogP contribution in [-0.2, 0) is 6.42 Å². The maximum atomic E-state index is 6.41. The first-order valence-electron chi connectivity index (χ1n) is 16.4. The van der Waals surface area contributed by atoms with Gasteiger partial charge in [-0.1, -0.05) is 115 Å². The van der Waals surface area contributed by atoms with Gasteiger partial charge in [-0.25, -0.2) is 0 Å². The van der Waals surface area contributed by atoms with Gasteiger partial charge in [-0.15, -0.1) is 23.1 Å². The fraction of sp³-hybridized carbons (Fsp3) is 0.0909. The Bertz CT molecular complexity index is 2840. The van der Waals surface area contributed by atoms with Gasteiger partial charge < -0.3 is 4.42 Å². The van der Waals surface area contributed by atoms with Gasteiger partial charge in [-0.2, -0.15) is 0 Å². The molecule has 2 aromatic heterocycles. The van der Waals surface area contributed by atoms with Crippen molar-refractivity contribution in [2.75, 3.05) is 5.75 Å². The molecule has 3 aliphatic rings. The normalized spacial score (nSPS) is 18.6. The summed E-state index contributed by atoms with van der Waals surface area (Å²) in [6, 6.07) is 40.6. The predicted molar refractivity (Wildman–Crippen MR) is 201 cm³/mol. The molecule has 3 heterocycles. The summed E-state index contributed by atoms with van der Waals surface area (Å²) in [5, 5.41) is 10.3. The SMILES string of the molecule is C1=CC2C(c3ccc4oc5ccc6ccccc6c5c4c3)=c3ccccc3=C(c3cccc4c3sc3c5c(ccc34)CCS5)C2C=C1. The van der Waals surface area contributed by atoms with E-state index in [9.17, 15) is 0 Å². The molecule has 0 saturated carbocycles. The van der Waals surface area contributed by atoms with Crippen LogP contribution in [0, 0.1) is 11.8 Å². The molecule has 1 aliphatic heterocycles. The van der Waals surface area contributed by atoms with Gasteiger partial charge in [0, 0.05) is 53.4 Å². The quantitative estimate of drug-likeness (QED) is 0.187. The van der Waals surface area contributed by atoms with Crippen molar-refractivity contribution in [1.82, 2.24) is 0 Å². The van der Waals surface area contributed by atoms with Crippen LogP contribution in [0.2, 0.25) is 0 Å². The predicted octanol–water partition coefficient (Wildman–Crippen LogP) is 10.5. The number of aryl methyl sites for hydroxylation is 1. The molecule has 0 spiro atoms. The van der Waals surface area contributed by atoms with Crippen LogP contribution in [0.3, 0.4) is 0 Å². The van der Waals surface area contributed by atoms with Gasteiger partial charge >= 0.3 is 0 Å². The molecule has 2 atom stereocenters. The largest absolute Gasteiger partial charge is 0.456 e. The van der Waals surface area contributed by atoms with Crippen LogP contribution in [0.25, 0.3) is 64.0 Å². The van der Waals surface area contributed by atoms with Gasteiger partial charge in [0.1, 0.15) is 11.2 Å². The van der Waals surface area contributed by atoms with Crippen LogP contribution < -0.4 is 10.4 Å². The molecule has 3 heteroatoms. The van der Waals surface area contributed by atoms with Crippen molar-refractivity contribution < 1.29 is 4.42 Å². The Morgan fingerprint density at radius 1 is 0.596 bits per heavy atom. The van der Waals surface area contributed by atoms with Gasteiger partial charge in [-0.3, -0.25) is 0 Å². The molecule has 1 nitrogen and oxygen atoms in total.